The van der Waals surface area contributed by atoms with Crippen LogP contribution in [-0.2, 0) is 11.3 Å². The summed E-state index contributed by atoms with van der Waals surface area (Å²) in [5.74, 6) is 0.0581. The molecule has 1 N–H and O–H groups in total. The Labute approximate surface area is 132 Å². The van der Waals surface area contributed by atoms with E-state index in [1.807, 2.05) is 0 Å². The van der Waals surface area contributed by atoms with Gasteiger partial charge in [0, 0.05) is 13.0 Å². The minimum absolute atomic E-state index is 0.197. The number of hydroxylamine groups is 1. The Bertz CT molecular complexity index is 710. The minimum Gasteiger partial charge on any atom is -0.411 e. The van der Waals surface area contributed by atoms with Gasteiger partial charge in [-0.3, -0.25) is 4.84 Å². The highest BCUT2D eigenvalue weighted by atomic mass is 19.1. The molecule has 0 amide bonds. The van der Waals surface area contributed by atoms with Gasteiger partial charge in [-0.15, -0.1) is 0 Å². The molecule has 0 saturated carbocycles. The van der Waals surface area contributed by atoms with Crippen molar-refractivity contribution < 1.29 is 19.1 Å². The number of aryl methyl sites for hydroxylation is 1. The van der Waals surface area contributed by atoms with Crippen LogP contribution in [0.4, 0.5) is 10.2 Å². The number of oxime groups is 1. The Morgan fingerprint density at radius 1 is 1.39 bits per heavy atom. The number of hydrogen-bond donors (Lipinski definition) is 1. The fourth-order valence-corrected chi connectivity index (χ4v) is 2.40. The molecule has 3 rings (SSSR count). The molecule has 1 aliphatic rings. The van der Waals surface area contributed by atoms with E-state index in [1.165, 1.54) is 6.07 Å². The molecule has 7 nitrogen and oxygen atoms in total. The topological polar surface area (TPSA) is 84.0 Å². The maximum atomic E-state index is 13.7. The van der Waals surface area contributed by atoms with Gasteiger partial charge in [-0.1, -0.05) is 17.3 Å². The fourth-order valence-electron chi connectivity index (χ4n) is 2.40. The second-order valence-corrected chi connectivity index (χ2v) is 5.39. The van der Waals surface area contributed by atoms with E-state index in [2.05, 4.69) is 15.5 Å². The highest BCUT2D eigenvalue weighted by Gasteiger charge is 2.25. The molecule has 8 heteroatoms. The van der Waals surface area contributed by atoms with E-state index in [9.17, 15) is 9.60 Å². The van der Waals surface area contributed by atoms with Crippen LogP contribution in [0.5, 0.6) is 0 Å². The Balaban J connectivity index is 1.84. The van der Waals surface area contributed by atoms with Crippen LogP contribution >= 0.6 is 0 Å². The normalized spacial score (nSPS) is 15.9. The van der Waals surface area contributed by atoms with Gasteiger partial charge in [-0.05, 0) is 47.3 Å². The van der Waals surface area contributed by atoms with E-state index in [4.69, 9.17) is 9.47 Å². The van der Waals surface area contributed by atoms with Crippen molar-refractivity contribution in [3.05, 3.63) is 40.8 Å². The standard InChI is InChI=1S/C15H17FN4O3/c1-10-4-5-11(8-12(10)16)9-13(17-21)14-15(19-23-18-14)20-6-2-3-7-22-20/h4-5,8,21H,2-3,6-7,9H2,1H3/b17-13+. The zero-order valence-electron chi connectivity index (χ0n) is 12.7. The molecule has 1 saturated heterocycles. The minimum atomic E-state index is -0.308. The van der Waals surface area contributed by atoms with Crippen molar-refractivity contribution in [1.82, 2.24) is 10.3 Å². The number of benzene rings is 1. The zero-order chi connectivity index (χ0) is 16.2. The van der Waals surface area contributed by atoms with Gasteiger partial charge in [0.15, 0.2) is 5.69 Å². The number of hydrogen-bond acceptors (Lipinski definition) is 7. The molecule has 0 atom stereocenters. The van der Waals surface area contributed by atoms with Crippen molar-refractivity contribution >= 4 is 11.5 Å². The summed E-state index contributed by atoms with van der Waals surface area (Å²) in [5, 5.41) is 21.8. The van der Waals surface area contributed by atoms with Gasteiger partial charge >= 0.3 is 0 Å². The van der Waals surface area contributed by atoms with Crippen molar-refractivity contribution in [2.75, 3.05) is 18.2 Å². The molecule has 1 aromatic heterocycles. The molecule has 0 spiro atoms. The van der Waals surface area contributed by atoms with Gasteiger partial charge in [0.05, 0.1) is 6.61 Å². The molecule has 1 aromatic carbocycles. The third-order valence-electron chi connectivity index (χ3n) is 3.71. The Morgan fingerprint density at radius 2 is 2.26 bits per heavy atom. The van der Waals surface area contributed by atoms with E-state index >= 15 is 0 Å². The summed E-state index contributed by atoms with van der Waals surface area (Å²) in [7, 11) is 0. The summed E-state index contributed by atoms with van der Waals surface area (Å²) in [5.41, 5.74) is 1.74. The number of anilines is 1. The summed E-state index contributed by atoms with van der Waals surface area (Å²) in [6, 6.07) is 4.86. The molecule has 0 bridgehead atoms. The number of nitrogens with zero attached hydrogens (tertiary/aromatic N) is 4. The van der Waals surface area contributed by atoms with E-state index in [0.29, 0.717) is 30.1 Å². The molecule has 1 aliphatic heterocycles. The van der Waals surface area contributed by atoms with Crippen molar-refractivity contribution in [3.8, 4) is 0 Å². The Kier molecular flexibility index (Phi) is 4.52. The average Bonchev–Trinajstić information content (AvgIpc) is 3.06. The maximum absolute atomic E-state index is 13.7. The first-order valence-electron chi connectivity index (χ1n) is 7.38. The van der Waals surface area contributed by atoms with Gasteiger partial charge in [0.25, 0.3) is 0 Å². The lowest BCUT2D eigenvalue weighted by atomic mass is 10.0. The predicted octanol–water partition coefficient (Wildman–Crippen LogP) is 2.47. The van der Waals surface area contributed by atoms with E-state index in [1.54, 1.807) is 24.1 Å². The summed E-state index contributed by atoms with van der Waals surface area (Å²) in [4.78, 5) is 5.52. The summed E-state index contributed by atoms with van der Waals surface area (Å²) in [6.07, 6.45) is 2.13. The van der Waals surface area contributed by atoms with Crippen LogP contribution in [0.3, 0.4) is 0 Å². The second-order valence-electron chi connectivity index (χ2n) is 5.39. The lowest BCUT2D eigenvalue weighted by Crippen LogP contribution is -2.31. The van der Waals surface area contributed by atoms with Gasteiger partial charge in [-0.2, -0.15) is 0 Å². The van der Waals surface area contributed by atoms with Crippen LogP contribution in [0.15, 0.2) is 28.0 Å². The third-order valence-corrected chi connectivity index (χ3v) is 3.71. The lowest BCUT2D eigenvalue weighted by Gasteiger charge is -2.25. The lowest BCUT2D eigenvalue weighted by molar-refractivity contribution is 0.0745. The zero-order valence-corrected chi connectivity index (χ0v) is 12.7. The van der Waals surface area contributed by atoms with Gasteiger partial charge in [-0.25, -0.2) is 14.1 Å². The largest absolute Gasteiger partial charge is 0.411 e. The van der Waals surface area contributed by atoms with Gasteiger partial charge < -0.3 is 5.21 Å². The summed E-state index contributed by atoms with van der Waals surface area (Å²) < 4.78 is 18.4. The fraction of sp³-hybridized carbons (Fsp3) is 0.400. The smallest absolute Gasteiger partial charge is 0.226 e. The van der Waals surface area contributed by atoms with Crippen molar-refractivity contribution in [2.45, 2.75) is 26.2 Å². The van der Waals surface area contributed by atoms with Crippen molar-refractivity contribution in [3.63, 3.8) is 0 Å². The van der Waals surface area contributed by atoms with Crippen LogP contribution in [0.2, 0.25) is 0 Å². The number of halogens is 1. The third kappa shape index (κ3) is 3.31. The molecular weight excluding hydrogens is 303 g/mol. The van der Waals surface area contributed by atoms with E-state index in [-0.39, 0.29) is 23.6 Å². The second kappa shape index (κ2) is 6.74. The quantitative estimate of drug-likeness (QED) is 0.529. The van der Waals surface area contributed by atoms with Crippen LogP contribution in [0.1, 0.15) is 29.7 Å². The van der Waals surface area contributed by atoms with E-state index in [0.717, 1.165) is 12.8 Å². The van der Waals surface area contributed by atoms with Gasteiger partial charge in [0.2, 0.25) is 5.82 Å². The summed E-state index contributed by atoms with van der Waals surface area (Å²) in [6.45, 7) is 2.92. The van der Waals surface area contributed by atoms with Crippen molar-refractivity contribution in [1.29, 1.82) is 0 Å². The summed E-state index contributed by atoms with van der Waals surface area (Å²) >= 11 is 0. The first kappa shape index (κ1) is 15.4. The van der Waals surface area contributed by atoms with Crippen molar-refractivity contribution in [2.24, 2.45) is 5.16 Å². The monoisotopic (exact) mass is 320 g/mol. The van der Waals surface area contributed by atoms with Gasteiger partial charge in [0.1, 0.15) is 11.5 Å². The molecule has 23 heavy (non-hydrogen) atoms. The highest BCUT2D eigenvalue weighted by molar-refractivity contribution is 6.03. The first-order valence-corrected chi connectivity index (χ1v) is 7.38. The van der Waals surface area contributed by atoms with Crippen LogP contribution in [0, 0.1) is 12.7 Å². The molecule has 0 radical (unpaired) electrons. The first-order chi connectivity index (χ1) is 11.2. The molecule has 122 valence electrons. The molecule has 0 aliphatic carbocycles. The maximum Gasteiger partial charge on any atom is 0.226 e. The van der Waals surface area contributed by atoms with Crippen LogP contribution < -0.4 is 5.06 Å². The molecule has 2 aromatic rings. The number of aromatic nitrogens is 2. The molecule has 0 unspecified atom stereocenters. The Morgan fingerprint density at radius 3 is 2.96 bits per heavy atom. The van der Waals surface area contributed by atoms with E-state index < -0.39 is 0 Å². The molecule has 1 fully saturated rings. The SMILES string of the molecule is Cc1ccc(C/C(=N\O)c2nonc2N2CCCCO2)cc1F. The predicted molar refractivity (Wildman–Crippen MR) is 80.0 cm³/mol. The van der Waals surface area contributed by atoms with Crippen LogP contribution in [0.25, 0.3) is 0 Å². The Hall–Kier alpha value is -2.48. The number of rotatable bonds is 4. The highest BCUT2D eigenvalue weighted by Crippen LogP contribution is 2.22. The van der Waals surface area contributed by atoms with Crippen LogP contribution in [-0.4, -0.2) is 34.4 Å². The molecular formula is C15H17FN4O3. The average molecular weight is 320 g/mol. The molecule has 2 heterocycles.